The van der Waals surface area contributed by atoms with Gasteiger partial charge >= 0.3 is 0 Å². The number of aliphatic hydroxyl groups is 1. The minimum Gasteiger partial charge on any atom is -0.395 e. The second-order valence-electron chi connectivity index (χ2n) is 5.00. The van der Waals surface area contributed by atoms with E-state index in [-0.39, 0.29) is 10.8 Å². The van der Waals surface area contributed by atoms with Gasteiger partial charge in [0.25, 0.3) is 0 Å². The Labute approximate surface area is 132 Å². The molecule has 0 bridgehead atoms. The van der Waals surface area contributed by atoms with Gasteiger partial charge in [0.15, 0.2) is 0 Å². The molecule has 22 heavy (non-hydrogen) atoms. The maximum atomic E-state index is 12.2. The quantitative estimate of drug-likeness (QED) is 0.645. The van der Waals surface area contributed by atoms with Gasteiger partial charge in [-0.25, -0.2) is 13.1 Å². The Balaban J connectivity index is 1.81. The Hall–Kier alpha value is -1.67. The molecule has 3 aromatic rings. The van der Waals surface area contributed by atoms with Crippen molar-refractivity contribution in [2.45, 2.75) is 16.7 Å². The lowest BCUT2D eigenvalue weighted by Crippen LogP contribution is -2.38. The maximum Gasteiger partial charge on any atom is 0.250 e. The standard InChI is InChI=1S/C15H16N2O3S2/c18-10-12(17-22(19,20)15-6-3-7-21-15)8-11-9-16-14-5-2-1-4-13(11)14/h1-7,9,12,16-18H,8,10H2/t12-/m1/s1. The summed E-state index contributed by atoms with van der Waals surface area (Å²) in [6, 6.07) is 10.5. The first-order chi connectivity index (χ1) is 10.6. The molecule has 0 unspecified atom stereocenters. The molecule has 116 valence electrons. The Kier molecular flexibility index (Phi) is 4.30. The lowest BCUT2D eigenvalue weighted by atomic mass is 10.1. The summed E-state index contributed by atoms with van der Waals surface area (Å²) < 4.78 is 27.3. The summed E-state index contributed by atoms with van der Waals surface area (Å²) in [5.74, 6) is 0. The molecule has 0 aliphatic heterocycles. The molecule has 0 radical (unpaired) electrons. The zero-order valence-electron chi connectivity index (χ0n) is 11.7. The third kappa shape index (κ3) is 3.07. The van der Waals surface area contributed by atoms with Crippen molar-refractivity contribution in [2.24, 2.45) is 0 Å². The summed E-state index contributed by atoms with van der Waals surface area (Å²) in [4.78, 5) is 3.15. The van der Waals surface area contributed by atoms with Gasteiger partial charge in [0, 0.05) is 23.1 Å². The van der Waals surface area contributed by atoms with Crippen LogP contribution in [0.4, 0.5) is 0 Å². The molecular formula is C15H16N2O3S2. The number of fused-ring (bicyclic) bond motifs is 1. The monoisotopic (exact) mass is 336 g/mol. The van der Waals surface area contributed by atoms with Crippen LogP contribution in [0, 0.1) is 0 Å². The molecule has 5 nitrogen and oxygen atoms in total. The van der Waals surface area contributed by atoms with Gasteiger partial charge in [0.2, 0.25) is 10.0 Å². The molecule has 0 aliphatic carbocycles. The van der Waals surface area contributed by atoms with E-state index in [4.69, 9.17) is 0 Å². The predicted octanol–water partition coefficient (Wildman–Crippen LogP) is 2.11. The van der Waals surface area contributed by atoms with Gasteiger partial charge in [-0.05, 0) is 29.5 Å². The number of sulfonamides is 1. The molecule has 1 atom stereocenters. The van der Waals surface area contributed by atoms with E-state index in [1.807, 2.05) is 30.5 Å². The average Bonchev–Trinajstić information content (AvgIpc) is 3.16. The zero-order valence-corrected chi connectivity index (χ0v) is 13.3. The Morgan fingerprint density at radius 2 is 2.05 bits per heavy atom. The van der Waals surface area contributed by atoms with E-state index >= 15 is 0 Å². The Morgan fingerprint density at radius 3 is 2.77 bits per heavy atom. The fourth-order valence-electron chi connectivity index (χ4n) is 2.40. The highest BCUT2D eigenvalue weighted by Crippen LogP contribution is 2.20. The molecule has 2 aromatic heterocycles. The van der Waals surface area contributed by atoms with Crippen LogP contribution in [0.25, 0.3) is 10.9 Å². The van der Waals surface area contributed by atoms with Gasteiger partial charge < -0.3 is 10.1 Å². The van der Waals surface area contributed by atoms with Crippen LogP contribution >= 0.6 is 11.3 Å². The number of H-pyrrole nitrogens is 1. The number of rotatable bonds is 6. The highest BCUT2D eigenvalue weighted by atomic mass is 32.2. The van der Waals surface area contributed by atoms with Crippen LogP contribution in [-0.2, 0) is 16.4 Å². The number of aromatic nitrogens is 1. The maximum absolute atomic E-state index is 12.2. The van der Waals surface area contributed by atoms with Crippen molar-refractivity contribution in [3.8, 4) is 0 Å². The lowest BCUT2D eigenvalue weighted by Gasteiger charge is -2.15. The normalized spacial score (nSPS) is 13.5. The van der Waals surface area contributed by atoms with E-state index in [0.29, 0.717) is 6.42 Å². The summed E-state index contributed by atoms with van der Waals surface area (Å²) in [6.07, 6.45) is 2.28. The average molecular weight is 336 g/mol. The zero-order chi connectivity index (χ0) is 15.6. The van der Waals surface area contributed by atoms with Crippen LogP contribution in [-0.4, -0.2) is 31.2 Å². The van der Waals surface area contributed by atoms with Crippen molar-refractivity contribution in [1.82, 2.24) is 9.71 Å². The molecule has 0 spiro atoms. The number of nitrogens with one attached hydrogen (secondary N) is 2. The van der Waals surface area contributed by atoms with Crippen molar-refractivity contribution < 1.29 is 13.5 Å². The van der Waals surface area contributed by atoms with Crippen LogP contribution < -0.4 is 4.72 Å². The number of hydrogen-bond donors (Lipinski definition) is 3. The summed E-state index contributed by atoms with van der Waals surface area (Å²) in [5, 5.41) is 12.3. The second-order valence-corrected chi connectivity index (χ2v) is 7.89. The van der Waals surface area contributed by atoms with Gasteiger partial charge in [0.1, 0.15) is 4.21 Å². The predicted molar refractivity (Wildman–Crippen MR) is 87.5 cm³/mol. The second kappa shape index (κ2) is 6.21. The minimum atomic E-state index is -3.59. The smallest absolute Gasteiger partial charge is 0.250 e. The van der Waals surface area contributed by atoms with Crippen LogP contribution in [0.15, 0.2) is 52.2 Å². The van der Waals surface area contributed by atoms with Crippen LogP contribution in [0.3, 0.4) is 0 Å². The van der Waals surface area contributed by atoms with Crippen LogP contribution in [0.5, 0.6) is 0 Å². The van der Waals surface area contributed by atoms with E-state index in [1.165, 1.54) is 0 Å². The highest BCUT2D eigenvalue weighted by molar-refractivity contribution is 7.91. The van der Waals surface area contributed by atoms with Gasteiger partial charge in [-0.3, -0.25) is 0 Å². The summed E-state index contributed by atoms with van der Waals surface area (Å²) >= 11 is 1.15. The van der Waals surface area contributed by atoms with Crippen LogP contribution in [0.2, 0.25) is 0 Å². The third-order valence-corrected chi connectivity index (χ3v) is 6.36. The Morgan fingerprint density at radius 1 is 1.23 bits per heavy atom. The first-order valence-corrected chi connectivity index (χ1v) is 9.18. The van der Waals surface area contributed by atoms with Gasteiger partial charge in [-0.1, -0.05) is 24.3 Å². The van der Waals surface area contributed by atoms with E-state index in [1.54, 1.807) is 17.5 Å². The minimum absolute atomic E-state index is 0.255. The van der Waals surface area contributed by atoms with Gasteiger partial charge in [-0.15, -0.1) is 11.3 Å². The molecule has 0 fully saturated rings. The molecule has 0 saturated carbocycles. The molecular weight excluding hydrogens is 320 g/mol. The van der Waals surface area contributed by atoms with Crippen molar-refractivity contribution in [2.75, 3.05) is 6.61 Å². The fourth-order valence-corrected chi connectivity index (χ4v) is 4.64. The van der Waals surface area contributed by atoms with Crippen molar-refractivity contribution in [3.05, 3.63) is 53.5 Å². The molecule has 0 saturated heterocycles. The third-order valence-electron chi connectivity index (χ3n) is 3.44. The van der Waals surface area contributed by atoms with Crippen molar-refractivity contribution in [1.29, 1.82) is 0 Å². The largest absolute Gasteiger partial charge is 0.395 e. The van der Waals surface area contributed by atoms with E-state index < -0.39 is 16.1 Å². The number of benzene rings is 1. The van der Waals surface area contributed by atoms with Gasteiger partial charge in [-0.2, -0.15) is 0 Å². The summed E-state index contributed by atoms with van der Waals surface area (Å²) in [7, 11) is -3.59. The molecule has 0 aliphatic rings. The molecule has 0 amide bonds. The number of aliphatic hydroxyl groups excluding tert-OH is 1. The molecule has 2 heterocycles. The molecule has 3 rings (SSSR count). The highest BCUT2D eigenvalue weighted by Gasteiger charge is 2.21. The van der Waals surface area contributed by atoms with Crippen LogP contribution in [0.1, 0.15) is 5.56 Å². The molecule has 1 aromatic carbocycles. The number of hydrogen-bond acceptors (Lipinski definition) is 4. The first kappa shape index (κ1) is 15.2. The summed E-state index contributed by atoms with van der Waals surface area (Å²) in [6.45, 7) is -0.260. The SMILES string of the molecule is O=S(=O)(N[C@@H](CO)Cc1c[nH]c2ccccc12)c1cccs1. The lowest BCUT2D eigenvalue weighted by molar-refractivity contribution is 0.256. The van der Waals surface area contributed by atoms with Crippen molar-refractivity contribution in [3.63, 3.8) is 0 Å². The number of para-hydroxylation sites is 1. The number of thiophene rings is 1. The number of aromatic amines is 1. The van der Waals surface area contributed by atoms with Gasteiger partial charge in [0.05, 0.1) is 6.61 Å². The van der Waals surface area contributed by atoms with E-state index in [2.05, 4.69) is 9.71 Å². The topological polar surface area (TPSA) is 82.2 Å². The van der Waals surface area contributed by atoms with Crippen molar-refractivity contribution >= 4 is 32.3 Å². The fraction of sp³-hybridized carbons (Fsp3) is 0.200. The molecule has 3 N–H and O–H groups in total. The first-order valence-electron chi connectivity index (χ1n) is 6.82. The van der Waals surface area contributed by atoms with E-state index in [9.17, 15) is 13.5 Å². The van der Waals surface area contributed by atoms with E-state index in [0.717, 1.165) is 27.8 Å². The summed E-state index contributed by atoms with van der Waals surface area (Å²) in [5.41, 5.74) is 1.97. The Bertz CT molecular complexity index is 854. The molecule has 7 heteroatoms.